The van der Waals surface area contributed by atoms with E-state index in [2.05, 4.69) is 27.0 Å². The largest absolute Gasteiger partial charge is 0.399 e. The molecule has 1 unspecified atom stereocenters. The Morgan fingerprint density at radius 1 is 1.24 bits per heavy atom. The predicted molar refractivity (Wildman–Crippen MR) is 88.6 cm³/mol. The summed E-state index contributed by atoms with van der Waals surface area (Å²) in [5.41, 5.74) is 10.3. The molecular weight excluding hydrogens is 330 g/mol. The third-order valence-corrected chi connectivity index (χ3v) is 4.37. The van der Waals surface area contributed by atoms with E-state index < -0.39 is 6.10 Å². The van der Waals surface area contributed by atoms with Crippen LogP contribution in [-0.4, -0.2) is 14.7 Å². The number of benzene rings is 2. The molecule has 0 radical (unpaired) electrons. The minimum atomic E-state index is -0.664. The molecule has 21 heavy (non-hydrogen) atoms. The van der Waals surface area contributed by atoms with Crippen LogP contribution in [0, 0.1) is 6.92 Å². The number of hydrogen-bond donors (Lipinski definition) is 2. The molecule has 0 aliphatic rings. The molecule has 0 aliphatic carbocycles. The Labute approximate surface area is 131 Å². The molecule has 0 amide bonds. The van der Waals surface area contributed by atoms with Crippen LogP contribution in [0.3, 0.4) is 0 Å². The molecule has 4 nitrogen and oxygen atoms in total. The molecule has 0 saturated heterocycles. The first-order chi connectivity index (χ1) is 9.97. The van der Waals surface area contributed by atoms with Gasteiger partial charge in [0.15, 0.2) is 0 Å². The molecule has 3 N–H and O–H groups in total. The summed E-state index contributed by atoms with van der Waals surface area (Å²) >= 11 is 3.51. The molecule has 0 aliphatic heterocycles. The summed E-state index contributed by atoms with van der Waals surface area (Å²) in [6.07, 6.45) is -0.664. The Morgan fingerprint density at radius 2 is 2.00 bits per heavy atom. The molecule has 0 saturated carbocycles. The Bertz CT molecular complexity index is 824. The van der Waals surface area contributed by atoms with Gasteiger partial charge in [-0.25, -0.2) is 4.98 Å². The van der Waals surface area contributed by atoms with E-state index in [4.69, 9.17) is 5.73 Å². The summed E-state index contributed by atoms with van der Waals surface area (Å²) in [6.45, 7) is 3.75. The quantitative estimate of drug-likeness (QED) is 0.695. The van der Waals surface area contributed by atoms with E-state index in [0.29, 0.717) is 11.5 Å². The van der Waals surface area contributed by atoms with E-state index in [1.165, 1.54) is 0 Å². The van der Waals surface area contributed by atoms with E-state index in [1.807, 2.05) is 41.8 Å². The number of nitrogens with two attached hydrogens (primary N) is 1. The summed E-state index contributed by atoms with van der Waals surface area (Å²) in [6, 6.07) is 11.7. The van der Waals surface area contributed by atoms with Gasteiger partial charge in [0.05, 0.1) is 11.0 Å². The lowest BCUT2D eigenvalue weighted by Crippen LogP contribution is -2.05. The highest BCUT2D eigenvalue weighted by atomic mass is 79.9. The number of nitrogen functional groups attached to an aromatic ring is 1. The van der Waals surface area contributed by atoms with Gasteiger partial charge >= 0.3 is 0 Å². The molecule has 0 spiro atoms. The highest BCUT2D eigenvalue weighted by Gasteiger charge is 2.16. The number of nitrogens with zero attached hydrogens (tertiary/aromatic N) is 2. The van der Waals surface area contributed by atoms with Crippen LogP contribution in [-0.2, 0) is 0 Å². The Hall–Kier alpha value is -1.85. The topological polar surface area (TPSA) is 64.1 Å². The van der Waals surface area contributed by atoms with Crippen molar-refractivity contribution in [2.24, 2.45) is 0 Å². The average molecular weight is 346 g/mol. The molecule has 1 aromatic heterocycles. The molecule has 0 fully saturated rings. The van der Waals surface area contributed by atoms with Gasteiger partial charge in [-0.15, -0.1) is 0 Å². The molecule has 2 aromatic carbocycles. The van der Waals surface area contributed by atoms with Crippen LogP contribution in [0.2, 0.25) is 0 Å². The Morgan fingerprint density at radius 3 is 2.67 bits per heavy atom. The maximum absolute atomic E-state index is 10.0. The van der Waals surface area contributed by atoms with Gasteiger partial charge in [-0.05, 0) is 55.8 Å². The normalized spacial score (nSPS) is 12.8. The third kappa shape index (κ3) is 2.43. The third-order valence-electron chi connectivity index (χ3n) is 3.48. The van der Waals surface area contributed by atoms with Crippen molar-refractivity contribution in [2.75, 3.05) is 5.73 Å². The number of aliphatic hydroxyl groups is 1. The fourth-order valence-electron chi connectivity index (χ4n) is 2.44. The van der Waals surface area contributed by atoms with E-state index in [9.17, 15) is 5.11 Å². The van der Waals surface area contributed by atoms with Gasteiger partial charge in [0.2, 0.25) is 0 Å². The van der Waals surface area contributed by atoms with Crippen LogP contribution in [0.4, 0.5) is 5.69 Å². The summed E-state index contributed by atoms with van der Waals surface area (Å²) in [4.78, 5) is 4.52. The first kappa shape index (κ1) is 14.1. The number of aromatic nitrogens is 2. The molecule has 3 rings (SSSR count). The van der Waals surface area contributed by atoms with Gasteiger partial charge in [0, 0.05) is 15.8 Å². The lowest BCUT2D eigenvalue weighted by molar-refractivity contribution is 0.187. The molecule has 0 bridgehead atoms. The lowest BCUT2D eigenvalue weighted by Gasteiger charge is -2.12. The number of imidazole rings is 1. The van der Waals surface area contributed by atoms with E-state index in [-0.39, 0.29) is 0 Å². The zero-order valence-electron chi connectivity index (χ0n) is 11.8. The van der Waals surface area contributed by atoms with Crippen LogP contribution >= 0.6 is 15.9 Å². The molecule has 3 aromatic rings. The van der Waals surface area contributed by atoms with Gasteiger partial charge in [0.25, 0.3) is 0 Å². The highest BCUT2D eigenvalue weighted by molar-refractivity contribution is 9.10. The van der Waals surface area contributed by atoms with Crippen LogP contribution < -0.4 is 5.73 Å². The number of halogens is 1. The van der Waals surface area contributed by atoms with Crippen molar-refractivity contribution in [3.63, 3.8) is 0 Å². The fourth-order valence-corrected chi connectivity index (χ4v) is 2.68. The zero-order chi connectivity index (χ0) is 15.1. The Kier molecular flexibility index (Phi) is 3.47. The number of hydrogen-bond acceptors (Lipinski definition) is 3. The van der Waals surface area contributed by atoms with Gasteiger partial charge in [-0.3, -0.25) is 4.57 Å². The van der Waals surface area contributed by atoms with Gasteiger partial charge < -0.3 is 10.8 Å². The van der Waals surface area contributed by atoms with Crippen molar-refractivity contribution in [1.29, 1.82) is 0 Å². The van der Waals surface area contributed by atoms with Crippen LogP contribution in [0.15, 0.2) is 40.9 Å². The first-order valence-electron chi connectivity index (χ1n) is 6.70. The van der Waals surface area contributed by atoms with Crippen molar-refractivity contribution < 1.29 is 5.11 Å². The standard InChI is InChI=1S/C16H16BrN3O/c1-9-7-12(4-5-13(9)17)20-15-6-3-11(18)8-14(15)19-16(20)10(2)21/h3-8,10,21H,18H2,1-2H3. The van der Waals surface area contributed by atoms with Crippen molar-refractivity contribution in [3.8, 4) is 5.69 Å². The number of rotatable bonds is 2. The SMILES string of the molecule is Cc1cc(-n2c(C(C)O)nc3cc(N)ccc32)ccc1Br. The smallest absolute Gasteiger partial charge is 0.143 e. The minimum absolute atomic E-state index is 0.609. The van der Waals surface area contributed by atoms with Crippen molar-refractivity contribution in [2.45, 2.75) is 20.0 Å². The monoisotopic (exact) mass is 345 g/mol. The first-order valence-corrected chi connectivity index (χ1v) is 7.49. The number of aliphatic hydroxyl groups excluding tert-OH is 1. The second-order valence-electron chi connectivity index (χ2n) is 5.16. The molecule has 5 heteroatoms. The summed E-state index contributed by atoms with van der Waals surface area (Å²) < 4.78 is 3.03. The Balaban J connectivity index is 2.33. The summed E-state index contributed by atoms with van der Waals surface area (Å²) in [5.74, 6) is 0.609. The maximum Gasteiger partial charge on any atom is 0.143 e. The highest BCUT2D eigenvalue weighted by Crippen LogP contribution is 2.28. The second kappa shape index (κ2) is 5.16. The fraction of sp³-hybridized carbons (Fsp3) is 0.188. The molecule has 108 valence electrons. The summed E-state index contributed by atoms with van der Waals surface area (Å²) in [7, 11) is 0. The zero-order valence-corrected chi connectivity index (χ0v) is 13.4. The minimum Gasteiger partial charge on any atom is -0.399 e. The van der Waals surface area contributed by atoms with Crippen LogP contribution in [0.1, 0.15) is 24.4 Å². The van der Waals surface area contributed by atoms with Crippen molar-refractivity contribution in [3.05, 3.63) is 52.3 Å². The number of anilines is 1. The summed E-state index contributed by atoms with van der Waals surface area (Å²) in [5, 5.41) is 10.0. The van der Waals surface area contributed by atoms with Crippen LogP contribution in [0.5, 0.6) is 0 Å². The number of fused-ring (bicyclic) bond motifs is 1. The second-order valence-corrected chi connectivity index (χ2v) is 6.02. The predicted octanol–water partition coefficient (Wildman–Crippen LogP) is 3.73. The maximum atomic E-state index is 10.0. The molecule has 1 heterocycles. The van der Waals surface area contributed by atoms with Gasteiger partial charge in [-0.2, -0.15) is 0 Å². The van der Waals surface area contributed by atoms with E-state index in [0.717, 1.165) is 26.8 Å². The number of aryl methyl sites for hydroxylation is 1. The lowest BCUT2D eigenvalue weighted by atomic mass is 10.2. The van der Waals surface area contributed by atoms with Gasteiger partial charge in [0.1, 0.15) is 11.9 Å². The molecular formula is C16H16BrN3O. The molecule has 1 atom stereocenters. The van der Waals surface area contributed by atoms with Gasteiger partial charge in [-0.1, -0.05) is 15.9 Å². The average Bonchev–Trinajstić information content (AvgIpc) is 2.80. The van der Waals surface area contributed by atoms with E-state index in [1.54, 1.807) is 6.92 Å². The van der Waals surface area contributed by atoms with Crippen molar-refractivity contribution in [1.82, 2.24) is 9.55 Å². The van der Waals surface area contributed by atoms with Crippen molar-refractivity contribution >= 4 is 32.7 Å². The van der Waals surface area contributed by atoms with E-state index >= 15 is 0 Å². The van der Waals surface area contributed by atoms with Crippen LogP contribution in [0.25, 0.3) is 16.7 Å².